The van der Waals surface area contributed by atoms with Crippen LogP contribution >= 0.6 is 0 Å². The second-order valence-electron chi connectivity index (χ2n) is 0.250. The molecular weight excluding hydrogens is 234 g/mol. The molecule has 0 atom stereocenters. The minimum atomic E-state index is -3.63. The number of hydrogen-bond acceptors (Lipinski definition) is 3. The molecule has 64 valence electrons. The topological polar surface area (TPSA) is 221 Å². The first kappa shape index (κ1) is 68.1. The van der Waals surface area contributed by atoms with Crippen LogP contribution in [0.15, 0.2) is 0 Å². The summed E-state index contributed by atoms with van der Waals surface area (Å²) < 4.78 is 8.52. The molecule has 0 heterocycles. The van der Waals surface area contributed by atoms with E-state index in [2.05, 4.69) is 0 Å². The van der Waals surface area contributed by atoms with E-state index in [0.717, 1.165) is 0 Å². The first-order valence-electron chi connectivity index (χ1n) is 0.612. The Labute approximate surface area is 150 Å². The van der Waals surface area contributed by atoms with Gasteiger partial charge < -0.3 is 41.4 Å². The predicted octanol–water partition coefficient (Wildman–Crippen LogP) is -13.0. The van der Waals surface area contributed by atoms with Crippen molar-refractivity contribution in [3.05, 3.63) is 0 Å². The summed E-state index contributed by atoms with van der Waals surface area (Å²) in [6.45, 7) is 0. The van der Waals surface area contributed by atoms with Crippen molar-refractivity contribution in [2.75, 3.05) is 0 Å². The van der Waals surface area contributed by atoms with Crippen LogP contribution < -0.4 is 112 Å². The Bertz CT molecular complexity index is 35.1. The molecule has 11 heavy (non-hydrogen) atoms. The van der Waals surface area contributed by atoms with Gasteiger partial charge in [-0.1, -0.05) is 0 Å². The van der Waals surface area contributed by atoms with E-state index in [1.54, 1.807) is 0 Å². The summed E-state index contributed by atoms with van der Waals surface area (Å²) in [5.41, 5.74) is 0. The van der Waals surface area contributed by atoms with Crippen LogP contribution in [0.5, 0.6) is 0 Å². The number of rotatable bonds is 0. The summed E-state index contributed by atoms with van der Waals surface area (Å²) in [6, 6.07) is 0. The first-order valence-corrected chi connectivity index (χ1v) is 1.84. The van der Waals surface area contributed by atoms with E-state index in [-0.39, 0.29) is 130 Å². The van der Waals surface area contributed by atoms with Gasteiger partial charge in [0.05, 0.1) is 0 Å². The Morgan fingerprint density at radius 3 is 0.727 bits per heavy atom. The SMILES string of the molecule is O.O.O.O.O.O=[Si]([O-])[O-].[K+].[K+]. The van der Waals surface area contributed by atoms with Crippen LogP contribution in [0.1, 0.15) is 0 Å². The van der Waals surface area contributed by atoms with Gasteiger partial charge in [0, 0.05) is 9.17 Å². The third-order valence-corrected chi connectivity index (χ3v) is 0. The largest absolute Gasteiger partial charge is 1.00 e. The van der Waals surface area contributed by atoms with Gasteiger partial charge in [-0.3, -0.25) is 0 Å². The second kappa shape index (κ2) is 53.6. The molecular formula is H10K2O8Si. The second-order valence-corrected chi connectivity index (χ2v) is 0.750. The van der Waals surface area contributed by atoms with Crippen LogP contribution in [0.4, 0.5) is 0 Å². The molecule has 0 aliphatic rings. The minimum absolute atomic E-state index is 0. The van der Waals surface area contributed by atoms with Crippen molar-refractivity contribution in [2.24, 2.45) is 0 Å². The monoisotopic (exact) mass is 244 g/mol. The van der Waals surface area contributed by atoms with Gasteiger partial charge >= 0.3 is 103 Å². The molecule has 0 fully saturated rings. The van der Waals surface area contributed by atoms with E-state index in [1.165, 1.54) is 0 Å². The predicted molar refractivity (Wildman–Crippen MR) is 24.5 cm³/mol. The number of hydrogen-bond donors (Lipinski definition) is 0. The molecule has 0 saturated carbocycles. The van der Waals surface area contributed by atoms with Gasteiger partial charge in [0.1, 0.15) is 0 Å². The van der Waals surface area contributed by atoms with Gasteiger partial charge in [-0.05, 0) is 0 Å². The van der Waals surface area contributed by atoms with Gasteiger partial charge in [-0.2, -0.15) is 0 Å². The average Bonchev–Trinajstić information content (AvgIpc) is 0.811. The van der Waals surface area contributed by atoms with Crippen molar-refractivity contribution < 1.29 is 144 Å². The normalized spacial score (nSPS) is 2.18. The molecule has 0 aliphatic heterocycles. The standard InChI is InChI=1S/2K.O3Si.5H2O/c;;1-4(2)3;;;;;/h;;;5*1H2/q2*+1;-2;;;;;. The molecule has 10 N–H and O–H groups in total. The molecule has 0 amide bonds. The molecule has 0 spiro atoms. The van der Waals surface area contributed by atoms with Crippen LogP contribution in [-0.2, 0) is 4.46 Å². The van der Waals surface area contributed by atoms with Crippen LogP contribution in [0.2, 0.25) is 0 Å². The van der Waals surface area contributed by atoms with Crippen LogP contribution in [0.3, 0.4) is 0 Å². The Hall–Kier alpha value is 2.69. The molecule has 0 rings (SSSR count). The van der Waals surface area contributed by atoms with Gasteiger partial charge in [0.2, 0.25) is 0 Å². The molecule has 0 aliphatic carbocycles. The van der Waals surface area contributed by atoms with Gasteiger partial charge in [0.15, 0.2) is 0 Å². The van der Waals surface area contributed by atoms with E-state index in [4.69, 9.17) is 14.1 Å². The molecule has 0 aromatic heterocycles. The quantitative estimate of drug-likeness (QED) is 0.379. The zero-order valence-electron chi connectivity index (χ0n) is 6.22. The molecule has 11 heteroatoms. The van der Waals surface area contributed by atoms with Crippen molar-refractivity contribution >= 4 is 9.17 Å². The van der Waals surface area contributed by atoms with Gasteiger partial charge in [-0.25, -0.2) is 0 Å². The van der Waals surface area contributed by atoms with E-state index in [0.29, 0.717) is 0 Å². The molecule has 0 aromatic carbocycles. The zero-order chi connectivity index (χ0) is 3.58. The van der Waals surface area contributed by atoms with E-state index in [1.807, 2.05) is 0 Å². The average molecular weight is 244 g/mol. The van der Waals surface area contributed by atoms with Crippen molar-refractivity contribution in [1.29, 1.82) is 0 Å². The van der Waals surface area contributed by atoms with E-state index < -0.39 is 9.17 Å². The maximum absolute atomic E-state index is 8.52. The van der Waals surface area contributed by atoms with Gasteiger partial charge in [-0.15, -0.1) is 0 Å². The molecule has 0 unspecified atom stereocenters. The maximum atomic E-state index is 8.52. The Morgan fingerprint density at radius 2 is 0.727 bits per heavy atom. The molecule has 0 bridgehead atoms. The summed E-state index contributed by atoms with van der Waals surface area (Å²) in [6.07, 6.45) is 0. The van der Waals surface area contributed by atoms with Crippen molar-refractivity contribution in [1.82, 2.24) is 0 Å². The molecule has 0 radical (unpaired) electrons. The molecule has 0 saturated heterocycles. The van der Waals surface area contributed by atoms with Crippen molar-refractivity contribution in [3.8, 4) is 0 Å². The fourth-order valence-corrected chi connectivity index (χ4v) is 0. The smallest absolute Gasteiger partial charge is 0.672 e. The fraction of sp³-hybridized carbons (Fsp3) is 0. The zero-order valence-corrected chi connectivity index (χ0v) is 13.5. The van der Waals surface area contributed by atoms with Crippen LogP contribution in [0.25, 0.3) is 0 Å². The van der Waals surface area contributed by atoms with Crippen molar-refractivity contribution in [2.45, 2.75) is 0 Å². The summed E-state index contributed by atoms with van der Waals surface area (Å²) >= 11 is 0. The first-order chi connectivity index (χ1) is 1.73. The summed E-state index contributed by atoms with van der Waals surface area (Å²) in [5, 5.41) is 0. The maximum Gasteiger partial charge on any atom is 1.00 e. The Balaban J connectivity index is -0.00000000214. The van der Waals surface area contributed by atoms with Crippen LogP contribution in [0, 0.1) is 0 Å². The van der Waals surface area contributed by atoms with E-state index in [9.17, 15) is 0 Å². The minimum Gasteiger partial charge on any atom is -0.672 e. The third kappa shape index (κ3) is 200. The summed E-state index contributed by atoms with van der Waals surface area (Å²) in [7, 11) is -3.63. The molecule has 0 aromatic rings. The Kier molecular flexibility index (Phi) is 332. The van der Waals surface area contributed by atoms with Crippen LogP contribution in [-0.4, -0.2) is 36.6 Å². The Morgan fingerprint density at radius 1 is 0.727 bits per heavy atom. The summed E-state index contributed by atoms with van der Waals surface area (Å²) in [5.74, 6) is 0. The summed E-state index contributed by atoms with van der Waals surface area (Å²) in [4.78, 5) is 17.0. The third-order valence-electron chi connectivity index (χ3n) is 0. The van der Waals surface area contributed by atoms with Crippen molar-refractivity contribution in [3.63, 3.8) is 0 Å². The fourth-order valence-electron chi connectivity index (χ4n) is 0. The van der Waals surface area contributed by atoms with Gasteiger partial charge in [0.25, 0.3) is 0 Å². The van der Waals surface area contributed by atoms with E-state index >= 15 is 0 Å². The molecule has 8 nitrogen and oxygen atoms in total.